The Balaban J connectivity index is 1.30. The van der Waals surface area contributed by atoms with Crippen molar-refractivity contribution in [2.75, 3.05) is 44.2 Å². The van der Waals surface area contributed by atoms with E-state index < -0.39 is 0 Å². The molecular formula is C21H25N3O2S. The third-order valence-electron chi connectivity index (χ3n) is 5.55. The van der Waals surface area contributed by atoms with Crippen LogP contribution in [-0.4, -0.2) is 60.9 Å². The molecular weight excluding hydrogens is 358 g/mol. The molecule has 4 rings (SSSR count). The molecule has 5 nitrogen and oxygen atoms in total. The molecule has 0 unspecified atom stereocenters. The number of hydrogen-bond donors (Lipinski definition) is 0. The summed E-state index contributed by atoms with van der Waals surface area (Å²) in [5.74, 6) is 0.209. The van der Waals surface area contributed by atoms with Gasteiger partial charge in [-0.3, -0.25) is 9.59 Å². The van der Waals surface area contributed by atoms with Gasteiger partial charge in [0, 0.05) is 45.0 Å². The van der Waals surface area contributed by atoms with Crippen molar-refractivity contribution in [1.82, 2.24) is 9.80 Å². The second kappa shape index (κ2) is 7.35. The lowest BCUT2D eigenvalue weighted by Crippen LogP contribution is -2.59. The number of nitrogens with zero attached hydrogens (tertiary/aromatic N) is 3. The number of hydrogen-bond acceptors (Lipinski definition) is 4. The van der Waals surface area contributed by atoms with Gasteiger partial charge in [0.05, 0.1) is 10.8 Å². The van der Waals surface area contributed by atoms with E-state index in [2.05, 4.69) is 36.9 Å². The molecule has 0 bridgehead atoms. The Morgan fingerprint density at radius 1 is 1.00 bits per heavy atom. The molecule has 142 valence electrons. The quantitative estimate of drug-likeness (QED) is 0.819. The Hall–Kier alpha value is -2.34. The number of benzene rings is 1. The molecule has 0 N–H and O–H groups in total. The predicted molar refractivity (Wildman–Crippen MR) is 108 cm³/mol. The van der Waals surface area contributed by atoms with Gasteiger partial charge in [0.2, 0.25) is 5.91 Å². The molecule has 0 radical (unpaired) electrons. The Kier molecular flexibility index (Phi) is 4.91. The van der Waals surface area contributed by atoms with E-state index in [9.17, 15) is 9.59 Å². The van der Waals surface area contributed by atoms with Crippen LogP contribution >= 0.6 is 11.3 Å². The highest BCUT2D eigenvalue weighted by Gasteiger charge is 2.39. The third kappa shape index (κ3) is 3.58. The minimum atomic E-state index is -0.0406. The second-order valence-corrected chi connectivity index (χ2v) is 8.43. The highest BCUT2D eigenvalue weighted by atomic mass is 32.1. The summed E-state index contributed by atoms with van der Waals surface area (Å²) < 4.78 is 0. The Bertz CT molecular complexity index is 835. The van der Waals surface area contributed by atoms with Gasteiger partial charge in [-0.05, 0) is 42.5 Å². The van der Waals surface area contributed by atoms with Gasteiger partial charge in [0.15, 0.2) is 0 Å². The van der Waals surface area contributed by atoms with Gasteiger partial charge in [-0.15, -0.1) is 11.3 Å². The molecule has 27 heavy (non-hydrogen) atoms. The van der Waals surface area contributed by atoms with E-state index >= 15 is 0 Å². The van der Waals surface area contributed by atoms with Gasteiger partial charge in [0.1, 0.15) is 0 Å². The Morgan fingerprint density at radius 2 is 1.74 bits per heavy atom. The van der Waals surface area contributed by atoms with Gasteiger partial charge in [-0.25, -0.2) is 0 Å². The third-order valence-corrected chi connectivity index (χ3v) is 6.40. The average molecular weight is 384 g/mol. The smallest absolute Gasteiger partial charge is 0.263 e. The van der Waals surface area contributed by atoms with Crippen LogP contribution in [0.5, 0.6) is 0 Å². The lowest BCUT2D eigenvalue weighted by molar-refractivity contribution is -0.140. The molecule has 0 saturated carbocycles. The van der Waals surface area contributed by atoms with Crippen LogP contribution < -0.4 is 4.90 Å². The maximum atomic E-state index is 12.8. The fraction of sp³-hybridized carbons (Fsp3) is 0.429. The SMILES string of the molecule is Cc1ccc(C)c(N2CCN(C(=O)C3CN(C(=O)c4cccs4)C3)CC2)c1. The number of rotatable bonds is 3. The van der Waals surface area contributed by atoms with Crippen LogP contribution in [0.3, 0.4) is 0 Å². The van der Waals surface area contributed by atoms with E-state index in [4.69, 9.17) is 0 Å². The van der Waals surface area contributed by atoms with E-state index in [0.29, 0.717) is 13.1 Å². The fourth-order valence-electron chi connectivity index (χ4n) is 3.84. The molecule has 2 saturated heterocycles. The first-order valence-electron chi connectivity index (χ1n) is 9.46. The van der Waals surface area contributed by atoms with Crippen molar-refractivity contribution in [3.63, 3.8) is 0 Å². The molecule has 3 heterocycles. The second-order valence-electron chi connectivity index (χ2n) is 7.49. The van der Waals surface area contributed by atoms with Crippen molar-refractivity contribution < 1.29 is 9.59 Å². The van der Waals surface area contributed by atoms with Crippen LogP contribution in [0.2, 0.25) is 0 Å². The molecule has 1 aromatic heterocycles. The first-order chi connectivity index (χ1) is 13.0. The molecule has 0 aliphatic carbocycles. The topological polar surface area (TPSA) is 43.9 Å². The highest BCUT2D eigenvalue weighted by Crippen LogP contribution is 2.25. The van der Waals surface area contributed by atoms with Gasteiger partial charge in [-0.2, -0.15) is 0 Å². The van der Waals surface area contributed by atoms with Crippen molar-refractivity contribution in [3.05, 3.63) is 51.7 Å². The standard InChI is InChI=1S/C21H25N3O2S/c1-15-5-6-16(2)18(12-15)22-7-9-23(10-8-22)20(25)17-13-24(14-17)21(26)19-4-3-11-27-19/h3-6,11-12,17H,7-10,13-14H2,1-2H3. The predicted octanol–water partition coefficient (Wildman–Crippen LogP) is 2.79. The van der Waals surface area contributed by atoms with Crippen LogP contribution in [0, 0.1) is 19.8 Å². The monoisotopic (exact) mass is 383 g/mol. The molecule has 2 aromatic rings. The van der Waals surface area contributed by atoms with E-state index in [1.165, 1.54) is 28.2 Å². The number of carbonyl (C=O) groups excluding carboxylic acids is 2. The van der Waals surface area contributed by atoms with Crippen LogP contribution in [0.15, 0.2) is 35.7 Å². The van der Waals surface area contributed by atoms with Crippen LogP contribution in [0.4, 0.5) is 5.69 Å². The molecule has 2 amide bonds. The Labute approximate surface area is 164 Å². The number of anilines is 1. The zero-order valence-corrected chi connectivity index (χ0v) is 16.7. The number of thiophene rings is 1. The van der Waals surface area contributed by atoms with Gasteiger partial charge >= 0.3 is 0 Å². The lowest BCUT2D eigenvalue weighted by atomic mass is 9.97. The van der Waals surface area contributed by atoms with Crippen molar-refractivity contribution in [3.8, 4) is 0 Å². The number of piperazine rings is 1. The summed E-state index contributed by atoms with van der Waals surface area (Å²) in [6, 6.07) is 10.3. The minimum absolute atomic E-state index is 0.0406. The van der Waals surface area contributed by atoms with E-state index in [1.807, 2.05) is 22.4 Å². The summed E-state index contributed by atoms with van der Waals surface area (Å²) in [6.45, 7) is 8.58. The van der Waals surface area contributed by atoms with Crippen molar-refractivity contribution >= 4 is 28.8 Å². The maximum absolute atomic E-state index is 12.8. The zero-order valence-electron chi connectivity index (χ0n) is 15.9. The maximum Gasteiger partial charge on any atom is 0.263 e. The average Bonchev–Trinajstić information content (AvgIpc) is 3.17. The largest absolute Gasteiger partial charge is 0.368 e. The van der Waals surface area contributed by atoms with E-state index in [-0.39, 0.29) is 17.7 Å². The van der Waals surface area contributed by atoms with Gasteiger partial charge in [0.25, 0.3) is 5.91 Å². The summed E-state index contributed by atoms with van der Waals surface area (Å²) in [5, 5.41) is 1.91. The van der Waals surface area contributed by atoms with Crippen LogP contribution in [0.1, 0.15) is 20.8 Å². The molecule has 2 aliphatic heterocycles. The molecule has 0 atom stereocenters. The first kappa shape index (κ1) is 18.0. The van der Waals surface area contributed by atoms with Crippen LogP contribution in [0.25, 0.3) is 0 Å². The summed E-state index contributed by atoms with van der Waals surface area (Å²) in [6.07, 6.45) is 0. The molecule has 0 spiro atoms. The van der Waals surface area contributed by atoms with Gasteiger partial charge < -0.3 is 14.7 Å². The number of likely N-dealkylation sites (tertiary alicyclic amines) is 1. The molecule has 6 heteroatoms. The Morgan fingerprint density at radius 3 is 2.41 bits per heavy atom. The van der Waals surface area contributed by atoms with Crippen molar-refractivity contribution in [2.24, 2.45) is 5.92 Å². The summed E-state index contributed by atoms with van der Waals surface area (Å²) in [4.78, 5) is 31.9. The van der Waals surface area contributed by atoms with Crippen molar-refractivity contribution in [1.29, 1.82) is 0 Å². The molecule has 2 fully saturated rings. The minimum Gasteiger partial charge on any atom is -0.368 e. The highest BCUT2D eigenvalue weighted by molar-refractivity contribution is 7.12. The number of amides is 2. The molecule has 1 aromatic carbocycles. The van der Waals surface area contributed by atoms with Crippen LogP contribution in [-0.2, 0) is 4.79 Å². The van der Waals surface area contributed by atoms with E-state index in [0.717, 1.165) is 31.1 Å². The zero-order chi connectivity index (χ0) is 19.0. The first-order valence-corrected chi connectivity index (χ1v) is 10.3. The van der Waals surface area contributed by atoms with Crippen molar-refractivity contribution in [2.45, 2.75) is 13.8 Å². The summed E-state index contributed by atoms with van der Waals surface area (Å²) in [7, 11) is 0. The molecule has 2 aliphatic rings. The lowest BCUT2D eigenvalue weighted by Gasteiger charge is -2.43. The number of aryl methyl sites for hydroxylation is 2. The summed E-state index contributed by atoms with van der Waals surface area (Å²) >= 11 is 1.45. The van der Waals surface area contributed by atoms with E-state index in [1.54, 1.807) is 4.90 Å². The normalized spacial score (nSPS) is 17.8. The van der Waals surface area contributed by atoms with Gasteiger partial charge in [-0.1, -0.05) is 18.2 Å². The number of carbonyl (C=O) groups is 2. The fourth-order valence-corrected chi connectivity index (χ4v) is 4.53. The summed E-state index contributed by atoms with van der Waals surface area (Å²) in [5.41, 5.74) is 3.82.